The molecule has 1 aromatic carbocycles. The lowest BCUT2D eigenvalue weighted by atomic mass is 10.2. The standard InChI is InChI=1S/C16H15FN4O2/c17-11-3-5-14(6-4-11)21-10-13(8-15(21)22)20-16(23)19-12-2-1-7-18-9-12/h1-7,9,13H,8,10H2,(H2,19,20,23)/t13-/m1/s1. The Balaban J connectivity index is 1.59. The normalized spacial score (nSPS) is 17.2. The smallest absolute Gasteiger partial charge is 0.319 e. The van der Waals surface area contributed by atoms with Crippen molar-refractivity contribution >= 4 is 23.3 Å². The van der Waals surface area contributed by atoms with Crippen molar-refractivity contribution in [2.24, 2.45) is 0 Å². The zero-order valence-electron chi connectivity index (χ0n) is 12.2. The van der Waals surface area contributed by atoms with Gasteiger partial charge in [-0.1, -0.05) is 0 Å². The highest BCUT2D eigenvalue weighted by Crippen LogP contribution is 2.21. The largest absolute Gasteiger partial charge is 0.333 e. The molecule has 2 aromatic rings. The molecule has 1 aliphatic rings. The molecule has 1 atom stereocenters. The molecule has 23 heavy (non-hydrogen) atoms. The maximum atomic E-state index is 13.0. The van der Waals surface area contributed by atoms with Crippen LogP contribution in [0.5, 0.6) is 0 Å². The number of halogens is 1. The van der Waals surface area contributed by atoms with Gasteiger partial charge in [-0.05, 0) is 36.4 Å². The van der Waals surface area contributed by atoms with E-state index in [9.17, 15) is 14.0 Å². The second-order valence-electron chi connectivity index (χ2n) is 5.22. The molecule has 3 amide bonds. The van der Waals surface area contributed by atoms with Crippen molar-refractivity contribution in [3.05, 3.63) is 54.6 Å². The second kappa shape index (κ2) is 6.43. The van der Waals surface area contributed by atoms with Gasteiger partial charge in [-0.25, -0.2) is 9.18 Å². The average Bonchev–Trinajstić information content (AvgIpc) is 2.89. The van der Waals surface area contributed by atoms with E-state index in [-0.39, 0.29) is 24.2 Å². The van der Waals surface area contributed by atoms with E-state index in [4.69, 9.17) is 0 Å². The summed E-state index contributed by atoms with van der Waals surface area (Å²) in [6, 6.07) is 8.44. The maximum Gasteiger partial charge on any atom is 0.319 e. The van der Waals surface area contributed by atoms with Crippen LogP contribution in [0.3, 0.4) is 0 Å². The lowest BCUT2D eigenvalue weighted by Gasteiger charge is -2.17. The highest BCUT2D eigenvalue weighted by molar-refractivity contribution is 5.97. The first-order valence-corrected chi connectivity index (χ1v) is 7.15. The van der Waals surface area contributed by atoms with Crippen molar-refractivity contribution in [3.63, 3.8) is 0 Å². The van der Waals surface area contributed by atoms with Gasteiger partial charge in [-0.2, -0.15) is 0 Å². The average molecular weight is 314 g/mol. The number of nitrogens with one attached hydrogen (secondary N) is 2. The van der Waals surface area contributed by atoms with Crippen LogP contribution in [0, 0.1) is 5.82 Å². The molecule has 0 bridgehead atoms. The van der Waals surface area contributed by atoms with Gasteiger partial charge >= 0.3 is 6.03 Å². The molecular formula is C16H15FN4O2. The fraction of sp³-hybridized carbons (Fsp3) is 0.188. The molecule has 1 saturated heterocycles. The zero-order chi connectivity index (χ0) is 16.2. The van der Waals surface area contributed by atoms with E-state index in [0.29, 0.717) is 17.9 Å². The number of hydrogen-bond acceptors (Lipinski definition) is 3. The van der Waals surface area contributed by atoms with Crippen LogP contribution in [0.4, 0.5) is 20.6 Å². The molecule has 3 rings (SSSR count). The van der Waals surface area contributed by atoms with Crippen LogP contribution >= 0.6 is 0 Å². The van der Waals surface area contributed by atoms with Crippen LogP contribution in [-0.2, 0) is 4.79 Å². The summed E-state index contributed by atoms with van der Waals surface area (Å²) < 4.78 is 13.0. The first-order valence-electron chi connectivity index (χ1n) is 7.15. The van der Waals surface area contributed by atoms with Crippen molar-refractivity contribution < 1.29 is 14.0 Å². The number of carbonyl (C=O) groups excluding carboxylic acids is 2. The third-order valence-corrected chi connectivity index (χ3v) is 3.52. The van der Waals surface area contributed by atoms with E-state index in [1.807, 2.05) is 0 Å². The lowest BCUT2D eigenvalue weighted by Crippen LogP contribution is -2.39. The molecular weight excluding hydrogens is 299 g/mol. The van der Waals surface area contributed by atoms with Gasteiger partial charge in [-0.3, -0.25) is 9.78 Å². The van der Waals surface area contributed by atoms with Crippen LogP contribution in [0.1, 0.15) is 6.42 Å². The number of nitrogens with zero attached hydrogens (tertiary/aromatic N) is 2. The number of carbonyl (C=O) groups is 2. The zero-order valence-corrected chi connectivity index (χ0v) is 12.2. The summed E-state index contributed by atoms with van der Waals surface area (Å²) in [6.45, 7) is 0.352. The fourth-order valence-corrected chi connectivity index (χ4v) is 2.46. The molecule has 6 nitrogen and oxygen atoms in total. The molecule has 1 aromatic heterocycles. The summed E-state index contributed by atoms with van der Waals surface area (Å²) in [5.41, 5.74) is 1.19. The summed E-state index contributed by atoms with van der Waals surface area (Å²) in [7, 11) is 0. The van der Waals surface area contributed by atoms with Crippen LogP contribution in [0.25, 0.3) is 0 Å². The number of pyridine rings is 1. The molecule has 2 heterocycles. The van der Waals surface area contributed by atoms with Gasteiger partial charge in [0.15, 0.2) is 0 Å². The Morgan fingerprint density at radius 1 is 1.26 bits per heavy atom. The van der Waals surface area contributed by atoms with Crippen molar-refractivity contribution in [2.45, 2.75) is 12.5 Å². The minimum atomic E-state index is -0.392. The monoisotopic (exact) mass is 314 g/mol. The molecule has 0 spiro atoms. The fourth-order valence-electron chi connectivity index (χ4n) is 2.46. The predicted molar refractivity (Wildman–Crippen MR) is 83.5 cm³/mol. The van der Waals surface area contributed by atoms with E-state index < -0.39 is 6.03 Å². The number of benzene rings is 1. The van der Waals surface area contributed by atoms with Crippen molar-refractivity contribution in [1.29, 1.82) is 0 Å². The Kier molecular flexibility index (Phi) is 4.18. The Hall–Kier alpha value is -2.96. The Morgan fingerprint density at radius 2 is 2.04 bits per heavy atom. The van der Waals surface area contributed by atoms with Crippen molar-refractivity contribution in [2.75, 3.05) is 16.8 Å². The van der Waals surface area contributed by atoms with Crippen LogP contribution in [-0.4, -0.2) is 29.5 Å². The first kappa shape index (κ1) is 15.0. The van der Waals surface area contributed by atoms with Crippen LogP contribution in [0.15, 0.2) is 48.8 Å². The topological polar surface area (TPSA) is 74.3 Å². The molecule has 118 valence electrons. The van der Waals surface area contributed by atoms with Gasteiger partial charge in [0.25, 0.3) is 0 Å². The number of amides is 3. The molecule has 1 aliphatic heterocycles. The third-order valence-electron chi connectivity index (χ3n) is 3.52. The highest BCUT2D eigenvalue weighted by atomic mass is 19.1. The summed E-state index contributed by atoms with van der Waals surface area (Å²) >= 11 is 0. The SMILES string of the molecule is O=C(Nc1cccnc1)N[C@@H]1CC(=O)N(c2ccc(F)cc2)C1. The highest BCUT2D eigenvalue weighted by Gasteiger charge is 2.31. The second-order valence-corrected chi connectivity index (χ2v) is 5.22. The predicted octanol–water partition coefficient (Wildman–Crippen LogP) is 2.15. The van der Waals surface area contributed by atoms with E-state index in [1.54, 1.807) is 30.5 Å². The van der Waals surface area contributed by atoms with Gasteiger partial charge in [0.2, 0.25) is 5.91 Å². The molecule has 2 N–H and O–H groups in total. The Bertz CT molecular complexity index is 706. The Labute approximate surface area is 132 Å². The summed E-state index contributed by atoms with van der Waals surface area (Å²) in [4.78, 5) is 29.4. The molecule has 0 unspecified atom stereocenters. The van der Waals surface area contributed by atoms with Gasteiger partial charge in [0.1, 0.15) is 5.82 Å². The van der Waals surface area contributed by atoms with Gasteiger partial charge in [0.05, 0.1) is 17.9 Å². The number of rotatable bonds is 3. The molecule has 1 fully saturated rings. The van der Waals surface area contributed by atoms with Crippen LogP contribution < -0.4 is 15.5 Å². The van der Waals surface area contributed by atoms with Gasteiger partial charge in [0, 0.05) is 24.8 Å². The van der Waals surface area contributed by atoms with Gasteiger partial charge in [-0.15, -0.1) is 0 Å². The lowest BCUT2D eigenvalue weighted by molar-refractivity contribution is -0.117. The van der Waals surface area contributed by atoms with E-state index in [0.717, 1.165) is 0 Å². The summed E-state index contributed by atoms with van der Waals surface area (Å²) in [5, 5.41) is 5.41. The van der Waals surface area contributed by atoms with E-state index in [2.05, 4.69) is 15.6 Å². The molecule has 0 aliphatic carbocycles. The minimum absolute atomic E-state index is 0.108. The maximum absolute atomic E-state index is 13.0. The van der Waals surface area contributed by atoms with E-state index in [1.165, 1.54) is 23.2 Å². The van der Waals surface area contributed by atoms with Crippen molar-refractivity contribution in [3.8, 4) is 0 Å². The summed E-state index contributed by atoms with van der Waals surface area (Å²) in [5.74, 6) is -0.464. The van der Waals surface area contributed by atoms with Crippen molar-refractivity contribution in [1.82, 2.24) is 10.3 Å². The number of hydrogen-bond donors (Lipinski definition) is 2. The third kappa shape index (κ3) is 3.63. The minimum Gasteiger partial charge on any atom is -0.333 e. The number of anilines is 2. The number of urea groups is 1. The molecule has 0 radical (unpaired) electrons. The Morgan fingerprint density at radius 3 is 2.74 bits per heavy atom. The molecule has 7 heteroatoms. The number of aromatic nitrogens is 1. The van der Waals surface area contributed by atoms with Crippen LogP contribution in [0.2, 0.25) is 0 Å². The van der Waals surface area contributed by atoms with E-state index >= 15 is 0 Å². The quantitative estimate of drug-likeness (QED) is 0.911. The first-order chi connectivity index (χ1) is 11.1. The van der Waals surface area contributed by atoms with Gasteiger partial charge < -0.3 is 15.5 Å². The molecule has 0 saturated carbocycles. The summed E-state index contributed by atoms with van der Waals surface area (Å²) in [6.07, 6.45) is 3.35.